The zero-order valence-corrected chi connectivity index (χ0v) is 14.4. The normalized spacial score (nSPS) is 10.3. The maximum Gasteiger partial charge on any atom is 0.513 e. The molecule has 1 amide bonds. The molecule has 0 aliphatic heterocycles. The summed E-state index contributed by atoms with van der Waals surface area (Å²) in [5, 5.41) is 14.4. The van der Waals surface area contributed by atoms with Gasteiger partial charge in [0.1, 0.15) is 0 Å². The third kappa shape index (κ3) is 5.26. The van der Waals surface area contributed by atoms with E-state index in [0.29, 0.717) is 5.56 Å². The Labute approximate surface area is 153 Å². The highest BCUT2D eigenvalue weighted by Crippen LogP contribution is 2.27. The Bertz CT molecular complexity index is 879. The number of carbonyl (C=O) groups excluding carboxylic acids is 2. The Hall–Kier alpha value is -3.95. The van der Waals surface area contributed by atoms with E-state index in [4.69, 9.17) is 9.47 Å². The van der Waals surface area contributed by atoms with Gasteiger partial charge in [-0.3, -0.25) is 14.9 Å². The lowest BCUT2D eigenvalue weighted by molar-refractivity contribution is -0.384. The number of non-ortho nitro benzene ring substituents is 1. The maximum absolute atomic E-state index is 12.0. The number of nitrogens with one attached hydrogen (secondary N) is 1. The predicted octanol–water partition coefficient (Wildman–Crippen LogP) is 2.51. The van der Waals surface area contributed by atoms with Crippen molar-refractivity contribution in [3.63, 3.8) is 0 Å². The number of methoxy groups -OCH3 is 2. The van der Waals surface area contributed by atoms with Crippen molar-refractivity contribution in [1.82, 2.24) is 5.43 Å². The molecule has 0 radical (unpaired) electrons. The van der Waals surface area contributed by atoms with Crippen LogP contribution in [0.5, 0.6) is 11.5 Å². The number of hydrogen-bond donors (Lipinski definition) is 1. The topological polar surface area (TPSA) is 129 Å². The molecule has 140 valence electrons. The first-order valence-electron chi connectivity index (χ1n) is 7.46. The van der Waals surface area contributed by atoms with Crippen LogP contribution in [0.2, 0.25) is 0 Å². The van der Waals surface area contributed by atoms with Crippen molar-refractivity contribution in [2.75, 3.05) is 14.2 Å². The quantitative estimate of drug-likeness (QED) is 0.271. The van der Waals surface area contributed by atoms with Crippen LogP contribution in [0.4, 0.5) is 10.5 Å². The smallest absolute Gasteiger partial charge is 0.493 e. The summed E-state index contributed by atoms with van der Waals surface area (Å²) < 4.78 is 14.5. The number of benzene rings is 2. The average Bonchev–Trinajstić information content (AvgIpc) is 2.68. The van der Waals surface area contributed by atoms with Gasteiger partial charge in [0, 0.05) is 17.7 Å². The molecular weight excluding hydrogens is 358 g/mol. The molecule has 2 aromatic carbocycles. The summed E-state index contributed by atoms with van der Waals surface area (Å²) in [5.41, 5.74) is 2.97. The zero-order chi connectivity index (χ0) is 19.8. The molecule has 0 saturated heterocycles. The van der Waals surface area contributed by atoms with Crippen LogP contribution in [0.15, 0.2) is 47.6 Å². The zero-order valence-electron chi connectivity index (χ0n) is 14.4. The minimum Gasteiger partial charge on any atom is -0.493 e. The van der Waals surface area contributed by atoms with Crippen molar-refractivity contribution in [1.29, 1.82) is 0 Å². The highest BCUT2D eigenvalue weighted by atomic mass is 16.7. The molecule has 0 atom stereocenters. The molecule has 2 rings (SSSR count). The van der Waals surface area contributed by atoms with E-state index in [9.17, 15) is 19.7 Å². The minimum absolute atomic E-state index is 0.114. The van der Waals surface area contributed by atoms with Crippen molar-refractivity contribution in [2.45, 2.75) is 0 Å². The molecule has 2 aromatic rings. The van der Waals surface area contributed by atoms with Crippen molar-refractivity contribution >= 4 is 24.0 Å². The summed E-state index contributed by atoms with van der Waals surface area (Å²) in [6, 6.07) is 9.71. The van der Waals surface area contributed by atoms with E-state index >= 15 is 0 Å². The van der Waals surface area contributed by atoms with Crippen LogP contribution < -0.4 is 14.9 Å². The van der Waals surface area contributed by atoms with Gasteiger partial charge in [-0.25, -0.2) is 10.2 Å². The van der Waals surface area contributed by atoms with E-state index in [1.165, 1.54) is 50.8 Å². The van der Waals surface area contributed by atoms with Crippen molar-refractivity contribution in [3.8, 4) is 11.5 Å². The van der Waals surface area contributed by atoms with Gasteiger partial charge in [0.2, 0.25) is 0 Å². The first-order valence-corrected chi connectivity index (χ1v) is 7.46. The number of nitro groups is 1. The lowest BCUT2D eigenvalue weighted by Gasteiger charge is -2.08. The van der Waals surface area contributed by atoms with E-state index in [1.807, 2.05) is 0 Å². The Morgan fingerprint density at radius 2 is 1.81 bits per heavy atom. The third-order valence-corrected chi connectivity index (χ3v) is 3.27. The average molecular weight is 373 g/mol. The molecular formula is C17H15N3O7. The first kappa shape index (κ1) is 19.4. The second kappa shape index (κ2) is 8.94. The predicted molar refractivity (Wildman–Crippen MR) is 94.2 cm³/mol. The summed E-state index contributed by atoms with van der Waals surface area (Å²) in [6.07, 6.45) is 0.471. The standard InChI is InChI=1S/C17H15N3O7/c1-25-15-9-11(3-8-14(15)27-17(22)26-2)10-18-19-16(21)12-4-6-13(7-5-12)20(23)24/h3-10H,1-2H3,(H,19,21)/b18-10-. The number of rotatable bonds is 6. The van der Waals surface area contributed by atoms with Gasteiger partial charge in [-0.1, -0.05) is 0 Å². The molecule has 0 bridgehead atoms. The molecule has 10 nitrogen and oxygen atoms in total. The SMILES string of the molecule is COC(=O)Oc1ccc(/C=N\NC(=O)c2ccc([N+](=O)[O-])cc2)cc1OC. The number of ether oxygens (including phenoxy) is 3. The largest absolute Gasteiger partial charge is 0.513 e. The van der Waals surface area contributed by atoms with Crippen molar-refractivity contribution in [2.24, 2.45) is 5.10 Å². The van der Waals surface area contributed by atoms with Crippen LogP contribution in [0.1, 0.15) is 15.9 Å². The van der Waals surface area contributed by atoms with Crippen LogP contribution in [-0.2, 0) is 4.74 Å². The summed E-state index contributed by atoms with van der Waals surface area (Å²) in [7, 11) is 2.58. The van der Waals surface area contributed by atoms with E-state index < -0.39 is 17.0 Å². The second-order valence-corrected chi connectivity index (χ2v) is 4.97. The minimum atomic E-state index is -0.884. The van der Waals surface area contributed by atoms with Crippen LogP contribution in [-0.4, -0.2) is 37.4 Å². The van der Waals surface area contributed by atoms with E-state index in [-0.39, 0.29) is 22.7 Å². The van der Waals surface area contributed by atoms with Gasteiger partial charge >= 0.3 is 6.16 Å². The fourth-order valence-corrected chi connectivity index (χ4v) is 1.94. The molecule has 0 aliphatic carbocycles. The van der Waals surface area contributed by atoms with Crippen LogP contribution in [0.3, 0.4) is 0 Å². The van der Waals surface area contributed by atoms with Crippen LogP contribution in [0.25, 0.3) is 0 Å². The number of hydrogen-bond acceptors (Lipinski definition) is 8. The van der Waals surface area contributed by atoms with Gasteiger partial charge in [0.25, 0.3) is 11.6 Å². The number of amides is 1. The lowest BCUT2D eigenvalue weighted by Crippen LogP contribution is -2.17. The first-order chi connectivity index (χ1) is 12.9. The van der Waals surface area contributed by atoms with Gasteiger partial charge in [0.05, 0.1) is 25.4 Å². The molecule has 0 heterocycles. The van der Waals surface area contributed by atoms with E-state index in [0.717, 1.165) is 0 Å². The lowest BCUT2D eigenvalue weighted by atomic mass is 10.2. The molecule has 0 fully saturated rings. The van der Waals surface area contributed by atoms with Gasteiger partial charge in [-0.2, -0.15) is 5.10 Å². The summed E-state index contributed by atoms with van der Waals surface area (Å²) in [4.78, 5) is 33.2. The van der Waals surface area contributed by atoms with Crippen molar-refractivity contribution < 1.29 is 28.7 Å². The highest BCUT2D eigenvalue weighted by Gasteiger charge is 2.11. The van der Waals surface area contributed by atoms with Gasteiger partial charge < -0.3 is 14.2 Å². The van der Waals surface area contributed by atoms with Crippen LogP contribution in [0, 0.1) is 10.1 Å². The van der Waals surface area contributed by atoms with E-state index in [2.05, 4.69) is 15.3 Å². The fourth-order valence-electron chi connectivity index (χ4n) is 1.94. The van der Waals surface area contributed by atoms with Crippen LogP contribution >= 0.6 is 0 Å². The molecule has 1 N–H and O–H groups in total. The molecule has 10 heteroatoms. The molecule has 0 saturated carbocycles. The molecule has 0 unspecified atom stereocenters. The number of hydrazone groups is 1. The molecule has 0 aliphatic rings. The van der Waals surface area contributed by atoms with Gasteiger partial charge in [0.15, 0.2) is 11.5 Å². The number of nitro benzene ring substituents is 1. The van der Waals surface area contributed by atoms with Crippen molar-refractivity contribution in [3.05, 3.63) is 63.7 Å². The molecule has 0 spiro atoms. The Morgan fingerprint density at radius 3 is 2.41 bits per heavy atom. The Balaban J connectivity index is 2.03. The second-order valence-electron chi connectivity index (χ2n) is 4.97. The Kier molecular flexibility index (Phi) is 6.42. The summed E-state index contributed by atoms with van der Waals surface area (Å²) in [5.74, 6) is -0.0961. The molecule has 0 aromatic heterocycles. The number of carbonyl (C=O) groups is 2. The summed E-state index contributed by atoms with van der Waals surface area (Å²) in [6.45, 7) is 0. The molecule has 27 heavy (non-hydrogen) atoms. The van der Waals surface area contributed by atoms with E-state index in [1.54, 1.807) is 12.1 Å². The summed E-state index contributed by atoms with van der Waals surface area (Å²) >= 11 is 0. The monoisotopic (exact) mass is 373 g/mol. The van der Waals surface area contributed by atoms with Gasteiger partial charge in [-0.05, 0) is 35.9 Å². The number of nitrogens with zero attached hydrogens (tertiary/aromatic N) is 2. The highest BCUT2D eigenvalue weighted by molar-refractivity contribution is 5.95. The Morgan fingerprint density at radius 1 is 1.11 bits per heavy atom. The maximum atomic E-state index is 12.0. The third-order valence-electron chi connectivity index (χ3n) is 3.27. The fraction of sp³-hybridized carbons (Fsp3) is 0.118. The van der Waals surface area contributed by atoms with Gasteiger partial charge in [-0.15, -0.1) is 0 Å².